The van der Waals surface area contributed by atoms with Crippen molar-refractivity contribution in [2.45, 2.75) is 58.5 Å². The average Bonchev–Trinajstić information content (AvgIpc) is 2.93. The van der Waals surface area contributed by atoms with E-state index < -0.39 is 12.1 Å². The fraction of sp³-hybridized carbons (Fsp3) is 0.440. The lowest BCUT2D eigenvalue weighted by Gasteiger charge is -2.22. The molecule has 2 aromatic rings. The van der Waals surface area contributed by atoms with E-state index in [-0.39, 0.29) is 30.5 Å². The van der Waals surface area contributed by atoms with E-state index in [9.17, 15) is 14.7 Å². The number of hydrogen-bond acceptors (Lipinski definition) is 3. The smallest absolute Gasteiger partial charge is 0.303 e. The van der Waals surface area contributed by atoms with Crippen molar-refractivity contribution in [3.63, 3.8) is 0 Å². The van der Waals surface area contributed by atoms with E-state index >= 15 is 0 Å². The van der Waals surface area contributed by atoms with Crippen molar-refractivity contribution in [2.75, 3.05) is 0 Å². The van der Waals surface area contributed by atoms with Gasteiger partial charge in [-0.1, -0.05) is 48.0 Å². The second-order valence-corrected chi connectivity index (χ2v) is 8.39. The van der Waals surface area contributed by atoms with Crippen LogP contribution in [0.3, 0.4) is 0 Å². The van der Waals surface area contributed by atoms with Crippen LogP contribution >= 0.6 is 0 Å². The highest BCUT2D eigenvalue weighted by molar-refractivity contribution is 5.84. The molecule has 0 aromatic heterocycles. The summed E-state index contributed by atoms with van der Waals surface area (Å²) in [6.45, 7) is 4.18. The van der Waals surface area contributed by atoms with Gasteiger partial charge in [0.15, 0.2) is 0 Å². The number of ketones is 1. The molecular weight excluding hydrogens is 364 g/mol. The molecule has 3 rings (SSSR count). The van der Waals surface area contributed by atoms with Gasteiger partial charge < -0.3 is 10.2 Å². The molecule has 1 aliphatic rings. The van der Waals surface area contributed by atoms with Gasteiger partial charge in [0.25, 0.3) is 0 Å². The van der Waals surface area contributed by atoms with Crippen molar-refractivity contribution >= 4 is 11.8 Å². The second kappa shape index (κ2) is 9.36. The van der Waals surface area contributed by atoms with Crippen LogP contribution in [-0.2, 0) is 28.9 Å². The minimum atomic E-state index is -0.807. The summed E-state index contributed by atoms with van der Waals surface area (Å²) < 4.78 is 0. The van der Waals surface area contributed by atoms with Crippen LogP contribution in [0, 0.1) is 25.7 Å². The molecule has 0 bridgehead atoms. The molecule has 3 atom stereocenters. The number of aliphatic hydroxyl groups excluding tert-OH is 1. The predicted molar refractivity (Wildman–Crippen MR) is 113 cm³/mol. The lowest BCUT2D eigenvalue weighted by Crippen LogP contribution is -2.23. The fourth-order valence-corrected chi connectivity index (χ4v) is 4.54. The van der Waals surface area contributed by atoms with Gasteiger partial charge in [0.05, 0.1) is 6.10 Å². The van der Waals surface area contributed by atoms with Gasteiger partial charge in [0.2, 0.25) is 0 Å². The summed E-state index contributed by atoms with van der Waals surface area (Å²) in [5.74, 6) is -0.857. The zero-order valence-corrected chi connectivity index (χ0v) is 17.2. The number of aliphatic carboxylic acids is 1. The number of carboxylic acid groups (broad SMARTS) is 1. The summed E-state index contributed by atoms with van der Waals surface area (Å²) in [7, 11) is 0. The van der Waals surface area contributed by atoms with Crippen LogP contribution in [0.2, 0.25) is 0 Å². The Morgan fingerprint density at radius 1 is 1.07 bits per heavy atom. The standard InChI is InChI=1S/C25H30O4/c1-16-6-8-20(17(2)12-16)9-10-21-22(24(27)15-23(21)26)14-19-5-3-4-18(13-19)7-11-25(28)29/h3-6,8,12-13,21-22,24,27H,7,9-11,14-15H2,1-2H3,(H,28,29)/t21-,22-,24?/m1/s1. The number of hydrogen-bond donors (Lipinski definition) is 2. The molecule has 0 aliphatic heterocycles. The molecule has 154 valence electrons. The van der Waals surface area contributed by atoms with E-state index in [1.807, 2.05) is 24.3 Å². The second-order valence-electron chi connectivity index (χ2n) is 8.39. The summed E-state index contributed by atoms with van der Waals surface area (Å²) in [6.07, 6.45) is 2.46. The maximum Gasteiger partial charge on any atom is 0.303 e. The number of aliphatic hydroxyl groups is 1. The molecule has 1 unspecified atom stereocenters. The Morgan fingerprint density at radius 2 is 1.83 bits per heavy atom. The monoisotopic (exact) mass is 394 g/mol. The Morgan fingerprint density at radius 3 is 2.55 bits per heavy atom. The van der Waals surface area contributed by atoms with Crippen LogP contribution in [0.15, 0.2) is 42.5 Å². The normalized spacial score (nSPS) is 21.5. The molecule has 0 amide bonds. The van der Waals surface area contributed by atoms with Crippen LogP contribution in [-0.4, -0.2) is 28.1 Å². The maximum atomic E-state index is 12.6. The molecule has 1 saturated carbocycles. The third-order valence-electron chi connectivity index (χ3n) is 6.15. The zero-order chi connectivity index (χ0) is 21.0. The Hall–Kier alpha value is -2.46. The van der Waals surface area contributed by atoms with Crippen LogP contribution < -0.4 is 0 Å². The highest BCUT2D eigenvalue weighted by Gasteiger charge is 2.40. The van der Waals surface area contributed by atoms with Gasteiger partial charge in [0, 0.05) is 18.8 Å². The minimum Gasteiger partial charge on any atom is -0.481 e. The molecule has 2 aromatic carbocycles. The maximum absolute atomic E-state index is 12.6. The van der Waals surface area contributed by atoms with Crippen LogP contribution in [0.4, 0.5) is 0 Å². The molecule has 29 heavy (non-hydrogen) atoms. The molecule has 1 aliphatic carbocycles. The van der Waals surface area contributed by atoms with Crippen molar-refractivity contribution in [1.82, 2.24) is 0 Å². The molecule has 0 radical (unpaired) electrons. The number of benzene rings is 2. The first-order chi connectivity index (χ1) is 13.8. The molecule has 4 nitrogen and oxygen atoms in total. The SMILES string of the molecule is Cc1ccc(CC[C@H]2C(=O)CC(O)[C@@H]2Cc2cccc(CCC(=O)O)c2)c(C)c1. The summed E-state index contributed by atoms with van der Waals surface area (Å²) in [5, 5.41) is 19.4. The van der Waals surface area contributed by atoms with Gasteiger partial charge in [0.1, 0.15) is 5.78 Å². The molecule has 0 saturated heterocycles. The first-order valence-corrected chi connectivity index (χ1v) is 10.4. The van der Waals surface area contributed by atoms with Crippen molar-refractivity contribution < 1.29 is 19.8 Å². The van der Waals surface area contributed by atoms with E-state index in [1.54, 1.807) is 0 Å². The quantitative estimate of drug-likeness (QED) is 0.708. The molecule has 0 heterocycles. The molecule has 0 spiro atoms. The third kappa shape index (κ3) is 5.54. The van der Waals surface area contributed by atoms with Gasteiger partial charge in [-0.15, -0.1) is 0 Å². The molecule has 2 N–H and O–H groups in total. The number of carboxylic acids is 1. The number of Topliss-reactive ketones (excluding diaryl/α,β-unsaturated/α-hetero) is 1. The lowest BCUT2D eigenvalue weighted by atomic mass is 9.83. The van der Waals surface area contributed by atoms with Gasteiger partial charge in [-0.2, -0.15) is 0 Å². The number of aryl methyl sites for hydroxylation is 4. The van der Waals surface area contributed by atoms with Crippen molar-refractivity contribution in [3.8, 4) is 0 Å². The van der Waals surface area contributed by atoms with E-state index in [1.165, 1.54) is 16.7 Å². The number of carbonyl (C=O) groups excluding carboxylic acids is 1. The Labute approximate surface area is 172 Å². The third-order valence-corrected chi connectivity index (χ3v) is 6.15. The largest absolute Gasteiger partial charge is 0.481 e. The summed E-state index contributed by atoms with van der Waals surface area (Å²) in [5.41, 5.74) is 5.79. The van der Waals surface area contributed by atoms with Crippen molar-refractivity contribution in [3.05, 3.63) is 70.3 Å². The van der Waals surface area contributed by atoms with E-state index in [2.05, 4.69) is 32.0 Å². The van der Waals surface area contributed by atoms with Gasteiger partial charge in [-0.05, 0) is 67.7 Å². The van der Waals surface area contributed by atoms with E-state index in [0.717, 1.165) is 24.0 Å². The number of carbonyl (C=O) groups is 2. The van der Waals surface area contributed by atoms with Crippen LogP contribution in [0.25, 0.3) is 0 Å². The molecule has 1 fully saturated rings. The summed E-state index contributed by atoms with van der Waals surface area (Å²) in [6, 6.07) is 14.3. The van der Waals surface area contributed by atoms with E-state index in [0.29, 0.717) is 12.8 Å². The van der Waals surface area contributed by atoms with Gasteiger partial charge >= 0.3 is 5.97 Å². The first-order valence-electron chi connectivity index (χ1n) is 10.4. The first kappa shape index (κ1) is 21.3. The van der Waals surface area contributed by atoms with Gasteiger partial charge in [-0.3, -0.25) is 9.59 Å². The van der Waals surface area contributed by atoms with Crippen molar-refractivity contribution in [1.29, 1.82) is 0 Å². The highest BCUT2D eigenvalue weighted by Crippen LogP contribution is 2.35. The lowest BCUT2D eigenvalue weighted by molar-refractivity contribution is -0.137. The summed E-state index contributed by atoms with van der Waals surface area (Å²) >= 11 is 0. The van der Waals surface area contributed by atoms with E-state index in [4.69, 9.17) is 5.11 Å². The number of rotatable bonds is 8. The Kier molecular flexibility index (Phi) is 6.86. The zero-order valence-electron chi connectivity index (χ0n) is 17.2. The Bertz CT molecular complexity index is 886. The summed E-state index contributed by atoms with van der Waals surface area (Å²) in [4.78, 5) is 23.4. The molecular formula is C25H30O4. The molecule has 4 heteroatoms. The highest BCUT2D eigenvalue weighted by atomic mass is 16.4. The Balaban J connectivity index is 1.69. The van der Waals surface area contributed by atoms with Crippen LogP contribution in [0.5, 0.6) is 0 Å². The predicted octanol–water partition coefficient (Wildman–Crippen LogP) is 4.06. The van der Waals surface area contributed by atoms with Crippen molar-refractivity contribution in [2.24, 2.45) is 11.8 Å². The fourth-order valence-electron chi connectivity index (χ4n) is 4.54. The minimum absolute atomic E-state index is 0.0806. The average molecular weight is 395 g/mol. The topological polar surface area (TPSA) is 74.6 Å². The van der Waals surface area contributed by atoms with Gasteiger partial charge in [-0.25, -0.2) is 0 Å². The van der Waals surface area contributed by atoms with Crippen LogP contribution in [0.1, 0.15) is 47.1 Å².